The summed E-state index contributed by atoms with van der Waals surface area (Å²) in [4.78, 5) is 21.8. The van der Waals surface area contributed by atoms with Gasteiger partial charge in [-0.05, 0) is 6.92 Å². The molecule has 88 valence electrons. The predicted octanol–water partition coefficient (Wildman–Crippen LogP) is -0.774. The normalized spacial score (nSPS) is 11.9. The molecule has 0 amide bonds. The molecular formula is C9H16O6. The maximum Gasteiger partial charge on any atom is 0.306 e. The Morgan fingerprint density at radius 3 is 2.20 bits per heavy atom. The van der Waals surface area contributed by atoms with Crippen LogP contribution in [-0.4, -0.2) is 48.1 Å². The standard InChI is InChI=1S/C9H16O6/c1-2-14-8(12)3-4-9(13)15-6-7(11)5-10/h7,10-11H,2-6H2,1H3. The molecule has 0 radical (unpaired) electrons. The number of rotatable bonds is 7. The van der Waals surface area contributed by atoms with Crippen LogP contribution in [0.4, 0.5) is 0 Å². The maximum absolute atomic E-state index is 10.9. The second-order valence-corrected chi connectivity index (χ2v) is 2.82. The van der Waals surface area contributed by atoms with Crippen molar-refractivity contribution in [3.8, 4) is 0 Å². The highest BCUT2D eigenvalue weighted by molar-refractivity contribution is 5.77. The van der Waals surface area contributed by atoms with Crippen LogP contribution in [0.5, 0.6) is 0 Å². The summed E-state index contributed by atoms with van der Waals surface area (Å²) >= 11 is 0. The Bertz CT molecular complexity index is 203. The fourth-order valence-electron chi connectivity index (χ4n) is 0.751. The molecule has 2 N–H and O–H groups in total. The molecule has 6 nitrogen and oxygen atoms in total. The zero-order valence-electron chi connectivity index (χ0n) is 8.64. The second kappa shape index (κ2) is 8.19. The zero-order chi connectivity index (χ0) is 11.7. The molecule has 0 heterocycles. The van der Waals surface area contributed by atoms with Crippen LogP contribution in [0.2, 0.25) is 0 Å². The summed E-state index contributed by atoms with van der Waals surface area (Å²) in [5.74, 6) is -1.06. The van der Waals surface area contributed by atoms with Gasteiger partial charge in [0.15, 0.2) is 0 Å². The van der Waals surface area contributed by atoms with E-state index in [2.05, 4.69) is 9.47 Å². The van der Waals surface area contributed by atoms with Crippen molar-refractivity contribution in [2.45, 2.75) is 25.9 Å². The smallest absolute Gasteiger partial charge is 0.306 e. The van der Waals surface area contributed by atoms with E-state index in [1.54, 1.807) is 6.92 Å². The summed E-state index contributed by atoms with van der Waals surface area (Å²) in [5.41, 5.74) is 0. The lowest BCUT2D eigenvalue weighted by Crippen LogP contribution is -2.22. The third kappa shape index (κ3) is 7.90. The van der Waals surface area contributed by atoms with Gasteiger partial charge in [0.1, 0.15) is 12.7 Å². The van der Waals surface area contributed by atoms with Gasteiger partial charge >= 0.3 is 11.9 Å². The van der Waals surface area contributed by atoms with Crippen molar-refractivity contribution in [2.75, 3.05) is 19.8 Å². The van der Waals surface area contributed by atoms with Crippen molar-refractivity contribution in [3.05, 3.63) is 0 Å². The summed E-state index contributed by atoms with van der Waals surface area (Å²) in [6.07, 6.45) is -1.20. The van der Waals surface area contributed by atoms with E-state index in [1.165, 1.54) is 0 Å². The monoisotopic (exact) mass is 220 g/mol. The molecule has 1 atom stereocenters. The number of hydrogen-bond acceptors (Lipinski definition) is 6. The minimum atomic E-state index is -1.07. The average Bonchev–Trinajstić information content (AvgIpc) is 2.23. The molecule has 0 fully saturated rings. The average molecular weight is 220 g/mol. The molecule has 15 heavy (non-hydrogen) atoms. The van der Waals surface area contributed by atoms with Crippen LogP contribution in [0.25, 0.3) is 0 Å². The van der Waals surface area contributed by atoms with Crippen molar-refractivity contribution >= 4 is 11.9 Å². The topological polar surface area (TPSA) is 93.1 Å². The van der Waals surface area contributed by atoms with E-state index in [0.29, 0.717) is 0 Å². The molecule has 0 aromatic carbocycles. The van der Waals surface area contributed by atoms with Crippen LogP contribution < -0.4 is 0 Å². The van der Waals surface area contributed by atoms with Crippen molar-refractivity contribution in [2.24, 2.45) is 0 Å². The zero-order valence-corrected chi connectivity index (χ0v) is 8.64. The highest BCUT2D eigenvalue weighted by Crippen LogP contribution is 1.96. The van der Waals surface area contributed by atoms with Gasteiger partial charge in [0.05, 0.1) is 26.1 Å². The third-order valence-electron chi connectivity index (χ3n) is 1.49. The van der Waals surface area contributed by atoms with Gasteiger partial charge in [-0.1, -0.05) is 0 Å². The Morgan fingerprint density at radius 2 is 1.73 bits per heavy atom. The van der Waals surface area contributed by atoms with Gasteiger partial charge in [-0.3, -0.25) is 9.59 Å². The van der Waals surface area contributed by atoms with Crippen LogP contribution in [0.15, 0.2) is 0 Å². The highest BCUT2D eigenvalue weighted by atomic mass is 16.5. The molecule has 0 bridgehead atoms. The van der Waals surface area contributed by atoms with Gasteiger partial charge in [0.25, 0.3) is 0 Å². The minimum absolute atomic E-state index is 0.0398. The van der Waals surface area contributed by atoms with E-state index in [0.717, 1.165) is 0 Å². The fourth-order valence-corrected chi connectivity index (χ4v) is 0.751. The SMILES string of the molecule is CCOC(=O)CCC(=O)OCC(O)CO. The highest BCUT2D eigenvalue weighted by Gasteiger charge is 2.10. The number of carbonyl (C=O) groups is 2. The Labute approximate surface area is 87.8 Å². The van der Waals surface area contributed by atoms with Crippen LogP contribution in [-0.2, 0) is 19.1 Å². The third-order valence-corrected chi connectivity index (χ3v) is 1.49. The molecule has 0 aliphatic heterocycles. The summed E-state index contributed by atoms with van der Waals surface area (Å²) in [5, 5.41) is 17.3. The first kappa shape index (κ1) is 13.9. The molecule has 0 aromatic heterocycles. The van der Waals surface area contributed by atoms with Gasteiger partial charge in [0.2, 0.25) is 0 Å². The number of ether oxygens (including phenoxy) is 2. The van der Waals surface area contributed by atoms with Crippen LogP contribution in [0, 0.1) is 0 Å². The predicted molar refractivity (Wildman–Crippen MR) is 49.9 cm³/mol. The number of aliphatic hydroxyl groups is 2. The summed E-state index contributed by atoms with van der Waals surface area (Å²) in [6.45, 7) is 1.22. The van der Waals surface area contributed by atoms with Crippen molar-refractivity contribution in [1.29, 1.82) is 0 Å². The molecule has 0 saturated carbocycles. The Kier molecular flexibility index (Phi) is 7.57. The lowest BCUT2D eigenvalue weighted by atomic mass is 10.3. The first-order valence-electron chi connectivity index (χ1n) is 4.70. The number of esters is 2. The van der Waals surface area contributed by atoms with Crippen LogP contribution in [0.3, 0.4) is 0 Å². The quantitative estimate of drug-likeness (QED) is 0.547. The number of aliphatic hydroxyl groups excluding tert-OH is 2. The summed E-state index contributed by atoms with van der Waals surface area (Å²) < 4.78 is 9.17. The van der Waals surface area contributed by atoms with Crippen LogP contribution in [0.1, 0.15) is 19.8 Å². The molecule has 0 aliphatic carbocycles. The van der Waals surface area contributed by atoms with E-state index < -0.39 is 24.6 Å². The van der Waals surface area contributed by atoms with Crippen molar-refractivity contribution < 1.29 is 29.3 Å². The Balaban J connectivity index is 3.53. The number of carbonyl (C=O) groups excluding carboxylic acids is 2. The molecular weight excluding hydrogens is 204 g/mol. The first-order chi connectivity index (χ1) is 7.10. The van der Waals surface area contributed by atoms with Gasteiger partial charge in [0, 0.05) is 0 Å². The molecule has 0 saturated heterocycles. The van der Waals surface area contributed by atoms with Crippen molar-refractivity contribution in [1.82, 2.24) is 0 Å². The molecule has 0 spiro atoms. The van der Waals surface area contributed by atoms with E-state index in [-0.39, 0.29) is 26.1 Å². The lowest BCUT2D eigenvalue weighted by molar-refractivity contribution is -0.152. The molecule has 0 aliphatic rings. The summed E-state index contributed by atoms with van der Waals surface area (Å²) in [6, 6.07) is 0. The summed E-state index contributed by atoms with van der Waals surface area (Å²) in [7, 11) is 0. The molecule has 0 aromatic rings. The maximum atomic E-state index is 10.9. The van der Waals surface area contributed by atoms with E-state index >= 15 is 0 Å². The fraction of sp³-hybridized carbons (Fsp3) is 0.778. The second-order valence-electron chi connectivity index (χ2n) is 2.82. The first-order valence-corrected chi connectivity index (χ1v) is 4.70. The molecule has 0 rings (SSSR count). The number of hydrogen-bond donors (Lipinski definition) is 2. The molecule has 1 unspecified atom stereocenters. The minimum Gasteiger partial charge on any atom is -0.466 e. The van der Waals surface area contributed by atoms with Crippen LogP contribution >= 0.6 is 0 Å². The Hall–Kier alpha value is -1.14. The Morgan fingerprint density at radius 1 is 1.20 bits per heavy atom. The van der Waals surface area contributed by atoms with Gasteiger partial charge in [-0.25, -0.2) is 0 Å². The van der Waals surface area contributed by atoms with E-state index in [4.69, 9.17) is 10.2 Å². The largest absolute Gasteiger partial charge is 0.466 e. The van der Waals surface area contributed by atoms with Gasteiger partial charge in [-0.2, -0.15) is 0 Å². The van der Waals surface area contributed by atoms with E-state index in [1.807, 2.05) is 0 Å². The van der Waals surface area contributed by atoms with Gasteiger partial charge < -0.3 is 19.7 Å². The van der Waals surface area contributed by atoms with E-state index in [9.17, 15) is 9.59 Å². The van der Waals surface area contributed by atoms with Gasteiger partial charge in [-0.15, -0.1) is 0 Å². The molecule has 6 heteroatoms. The van der Waals surface area contributed by atoms with Crippen molar-refractivity contribution in [3.63, 3.8) is 0 Å². The lowest BCUT2D eigenvalue weighted by Gasteiger charge is -2.07.